The van der Waals surface area contributed by atoms with E-state index >= 15 is 0 Å². The third-order valence-electron chi connectivity index (χ3n) is 3.16. The molecular formula is C12H13NO2. The SMILES string of the molecule is Cc1cc(C2(N=C=O)CC2)cc(O)c1C. The first kappa shape index (κ1) is 9.94. The van der Waals surface area contributed by atoms with E-state index in [0.29, 0.717) is 0 Å². The zero-order chi connectivity index (χ0) is 11.1. The van der Waals surface area contributed by atoms with Crippen molar-refractivity contribution in [3.8, 4) is 5.75 Å². The highest BCUT2D eigenvalue weighted by molar-refractivity contribution is 5.48. The van der Waals surface area contributed by atoms with Crippen molar-refractivity contribution in [1.82, 2.24) is 0 Å². The monoisotopic (exact) mass is 203 g/mol. The number of aryl methyl sites for hydroxylation is 1. The van der Waals surface area contributed by atoms with Gasteiger partial charge in [-0.25, -0.2) is 4.79 Å². The molecule has 15 heavy (non-hydrogen) atoms. The minimum Gasteiger partial charge on any atom is -0.508 e. The molecule has 0 bridgehead atoms. The maximum atomic E-state index is 10.3. The maximum absolute atomic E-state index is 10.3. The molecule has 0 heterocycles. The van der Waals surface area contributed by atoms with Crippen LogP contribution in [-0.4, -0.2) is 11.2 Å². The lowest BCUT2D eigenvalue weighted by Gasteiger charge is -2.12. The number of phenolic OH excluding ortho intramolecular Hbond substituents is 1. The highest BCUT2D eigenvalue weighted by atomic mass is 16.3. The molecule has 0 atom stereocenters. The van der Waals surface area contributed by atoms with Gasteiger partial charge in [0.1, 0.15) is 5.75 Å². The van der Waals surface area contributed by atoms with Gasteiger partial charge in [0.25, 0.3) is 0 Å². The highest BCUT2D eigenvalue weighted by Gasteiger charge is 2.45. The fourth-order valence-corrected chi connectivity index (χ4v) is 1.78. The van der Waals surface area contributed by atoms with E-state index in [9.17, 15) is 9.90 Å². The van der Waals surface area contributed by atoms with Crippen LogP contribution in [-0.2, 0) is 10.3 Å². The number of rotatable bonds is 2. The van der Waals surface area contributed by atoms with E-state index in [-0.39, 0.29) is 5.75 Å². The summed E-state index contributed by atoms with van der Waals surface area (Å²) in [6.45, 7) is 3.82. The Morgan fingerprint density at radius 3 is 2.53 bits per heavy atom. The standard InChI is InChI=1S/C12H13NO2/c1-8-5-10(6-11(15)9(8)2)12(3-4-12)13-7-14/h5-6,15H,3-4H2,1-2H3. The van der Waals surface area contributed by atoms with Gasteiger partial charge in [-0.15, -0.1) is 0 Å². The van der Waals surface area contributed by atoms with E-state index in [0.717, 1.165) is 29.5 Å². The first-order valence-electron chi connectivity index (χ1n) is 4.99. The van der Waals surface area contributed by atoms with Gasteiger partial charge in [0, 0.05) is 0 Å². The average molecular weight is 203 g/mol. The number of hydrogen-bond donors (Lipinski definition) is 1. The molecule has 0 radical (unpaired) electrons. The van der Waals surface area contributed by atoms with E-state index in [2.05, 4.69) is 4.99 Å². The molecule has 0 unspecified atom stereocenters. The number of hydrogen-bond acceptors (Lipinski definition) is 3. The largest absolute Gasteiger partial charge is 0.508 e. The van der Waals surface area contributed by atoms with Gasteiger partial charge in [-0.1, -0.05) is 6.07 Å². The Labute approximate surface area is 88.5 Å². The molecule has 1 aromatic carbocycles. The lowest BCUT2D eigenvalue weighted by Crippen LogP contribution is -2.03. The van der Waals surface area contributed by atoms with Crippen molar-refractivity contribution in [2.24, 2.45) is 4.99 Å². The Balaban J connectivity index is 2.51. The lowest BCUT2D eigenvalue weighted by molar-refractivity contribution is 0.468. The fourth-order valence-electron chi connectivity index (χ4n) is 1.78. The summed E-state index contributed by atoms with van der Waals surface area (Å²) < 4.78 is 0. The van der Waals surface area contributed by atoms with Crippen molar-refractivity contribution in [1.29, 1.82) is 0 Å². The van der Waals surface area contributed by atoms with Crippen LogP contribution in [0.15, 0.2) is 17.1 Å². The molecule has 1 saturated carbocycles. The van der Waals surface area contributed by atoms with Crippen LogP contribution in [0, 0.1) is 13.8 Å². The van der Waals surface area contributed by atoms with Crippen molar-refractivity contribution in [2.75, 3.05) is 0 Å². The fraction of sp³-hybridized carbons (Fsp3) is 0.417. The molecule has 1 fully saturated rings. The highest BCUT2D eigenvalue weighted by Crippen LogP contribution is 2.50. The van der Waals surface area contributed by atoms with Gasteiger partial charge in [-0.05, 0) is 49.4 Å². The maximum Gasteiger partial charge on any atom is 0.235 e. The van der Waals surface area contributed by atoms with Crippen molar-refractivity contribution in [3.05, 3.63) is 28.8 Å². The van der Waals surface area contributed by atoms with Gasteiger partial charge in [0.15, 0.2) is 0 Å². The number of phenols is 1. The number of isocyanates is 1. The van der Waals surface area contributed by atoms with Crippen LogP contribution in [0.5, 0.6) is 5.75 Å². The molecule has 78 valence electrons. The summed E-state index contributed by atoms with van der Waals surface area (Å²) in [7, 11) is 0. The summed E-state index contributed by atoms with van der Waals surface area (Å²) in [6.07, 6.45) is 3.35. The molecule has 2 rings (SSSR count). The van der Waals surface area contributed by atoms with E-state index in [1.807, 2.05) is 19.9 Å². The molecule has 0 saturated heterocycles. The summed E-state index contributed by atoms with van der Waals surface area (Å²) in [5.74, 6) is 0.275. The van der Waals surface area contributed by atoms with Crippen molar-refractivity contribution in [3.63, 3.8) is 0 Å². The third-order valence-corrected chi connectivity index (χ3v) is 3.16. The quantitative estimate of drug-likeness (QED) is 0.592. The minimum atomic E-state index is -0.391. The Morgan fingerprint density at radius 1 is 1.40 bits per heavy atom. The average Bonchev–Trinajstić information content (AvgIpc) is 2.95. The van der Waals surface area contributed by atoms with Gasteiger partial charge in [0.2, 0.25) is 6.08 Å². The zero-order valence-corrected chi connectivity index (χ0v) is 8.87. The first-order valence-corrected chi connectivity index (χ1v) is 4.99. The van der Waals surface area contributed by atoms with Crippen LogP contribution in [0.1, 0.15) is 29.5 Å². The number of benzene rings is 1. The Hall–Kier alpha value is -1.60. The molecule has 0 aliphatic heterocycles. The molecule has 3 nitrogen and oxygen atoms in total. The van der Waals surface area contributed by atoms with E-state index < -0.39 is 5.54 Å². The number of carbonyl (C=O) groups excluding carboxylic acids is 1. The Kier molecular flexibility index (Phi) is 2.13. The summed E-state index contributed by atoms with van der Waals surface area (Å²) in [5, 5.41) is 9.70. The van der Waals surface area contributed by atoms with Gasteiger partial charge in [-0.3, -0.25) is 0 Å². The van der Waals surface area contributed by atoms with Crippen LogP contribution < -0.4 is 0 Å². The van der Waals surface area contributed by atoms with Gasteiger partial charge in [-0.2, -0.15) is 4.99 Å². The molecule has 1 aliphatic carbocycles. The van der Waals surface area contributed by atoms with Crippen LogP contribution in [0.3, 0.4) is 0 Å². The molecule has 1 aliphatic rings. The van der Waals surface area contributed by atoms with Crippen molar-refractivity contribution >= 4 is 6.08 Å². The summed E-state index contributed by atoms with van der Waals surface area (Å²) >= 11 is 0. The third kappa shape index (κ3) is 1.55. The number of aromatic hydroxyl groups is 1. The summed E-state index contributed by atoms with van der Waals surface area (Å²) in [5.41, 5.74) is 2.44. The van der Waals surface area contributed by atoms with E-state index in [1.54, 1.807) is 12.1 Å². The lowest BCUT2D eigenvalue weighted by atomic mass is 9.99. The van der Waals surface area contributed by atoms with Gasteiger partial charge >= 0.3 is 0 Å². The van der Waals surface area contributed by atoms with Crippen LogP contribution in [0.2, 0.25) is 0 Å². The second-order valence-electron chi connectivity index (χ2n) is 4.17. The molecule has 0 aromatic heterocycles. The smallest absolute Gasteiger partial charge is 0.235 e. The second-order valence-corrected chi connectivity index (χ2v) is 4.17. The topological polar surface area (TPSA) is 49.7 Å². The van der Waals surface area contributed by atoms with E-state index in [4.69, 9.17) is 0 Å². The second kappa shape index (κ2) is 3.21. The zero-order valence-electron chi connectivity index (χ0n) is 8.87. The molecular weight excluding hydrogens is 190 g/mol. The number of aliphatic imine (C=N–C) groups is 1. The van der Waals surface area contributed by atoms with Gasteiger partial charge in [0.05, 0.1) is 5.54 Å². The van der Waals surface area contributed by atoms with E-state index in [1.165, 1.54) is 0 Å². The summed E-state index contributed by atoms with van der Waals surface area (Å²) in [4.78, 5) is 14.1. The minimum absolute atomic E-state index is 0.275. The molecule has 1 aromatic rings. The van der Waals surface area contributed by atoms with Crippen molar-refractivity contribution in [2.45, 2.75) is 32.2 Å². The summed E-state index contributed by atoms with van der Waals surface area (Å²) in [6, 6.07) is 3.69. The number of nitrogens with zero attached hydrogens (tertiary/aromatic N) is 1. The van der Waals surface area contributed by atoms with Crippen LogP contribution in [0.25, 0.3) is 0 Å². The van der Waals surface area contributed by atoms with Crippen LogP contribution in [0.4, 0.5) is 0 Å². The predicted octanol–water partition coefficient (Wildman–Crippen LogP) is 2.33. The predicted molar refractivity (Wildman–Crippen MR) is 56.6 cm³/mol. The van der Waals surface area contributed by atoms with Gasteiger partial charge < -0.3 is 5.11 Å². The van der Waals surface area contributed by atoms with Crippen molar-refractivity contribution < 1.29 is 9.90 Å². The molecule has 0 amide bonds. The normalized spacial score (nSPS) is 16.9. The first-order chi connectivity index (χ1) is 7.09. The Morgan fingerprint density at radius 2 is 2.07 bits per heavy atom. The molecule has 1 N–H and O–H groups in total. The molecule has 0 spiro atoms. The molecule has 3 heteroatoms. The van der Waals surface area contributed by atoms with Crippen LogP contribution >= 0.6 is 0 Å². The Bertz CT molecular complexity index is 432.